The topological polar surface area (TPSA) is 49.9 Å². The van der Waals surface area contributed by atoms with Crippen LogP contribution in [0.4, 0.5) is 0 Å². The van der Waals surface area contributed by atoms with Crippen molar-refractivity contribution in [3.63, 3.8) is 0 Å². The average molecular weight is 365 g/mol. The van der Waals surface area contributed by atoms with Crippen LogP contribution in [0.15, 0.2) is 18.2 Å². The normalized spacial score (nSPS) is 19.9. The number of carbonyl (C=O) groups excluding carboxylic acids is 2. The Labute approximate surface area is 153 Å². The fourth-order valence-electron chi connectivity index (χ4n) is 4.08. The van der Waals surface area contributed by atoms with Gasteiger partial charge in [0.1, 0.15) is 5.75 Å². The van der Waals surface area contributed by atoms with Gasteiger partial charge in [-0.15, -0.1) is 0 Å². The van der Waals surface area contributed by atoms with E-state index < -0.39 is 5.41 Å². The summed E-state index contributed by atoms with van der Waals surface area (Å²) in [5, 5.41) is 0.638. The van der Waals surface area contributed by atoms with E-state index in [2.05, 4.69) is 0 Å². The number of rotatable bonds is 5. The Morgan fingerprint density at radius 2 is 1.96 bits per heavy atom. The standard InChI is InChI=1S/C19H25ClN2O3/c1-21(12-14-10-15(20)6-7-16(14)25-2)13-22-17(23)11-19(18(22)24)8-4-3-5-9-19/h6-7,10H,3-5,8-9,11-13H2,1-2H3. The summed E-state index contributed by atoms with van der Waals surface area (Å²) in [5.41, 5.74) is 0.508. The molecule has 2 amide bonds. The van der Waals surface area contributed by atoms with Crippen LogP contribution in [0.1, 0.15) is 44.1 Å². The van der Waals surface area contributed by atoms with Crippen LogP contribution in [0, 0.1) is 5.41 Å². The van der Waals surface area contributed by atoms with E-state index in [0.29, 0.717) is 24.7 Å². The second kappa shape index (κ2) is 7.34. The molecule has 1 heterocycles. The summed E-state index contributed by atoms with van der Waals surface area (Å²) in [4.78, 5) is 28.7. The van der Waals surface area contributed by atoms with Gasteiger partial charge in [0.05, 0.1) is 19.2 Å². The van der Waals surface area contributed by atoms with Crippen molar-refractivity contribution in [3.05, 3.63) is 28.8 Å². The number of amides is 2. The minimum Gasteiger partial charge on any atom is -0.496 e. The van der Waals surface area contributed by atoms with Gasteiger partial charge in [0, 0.05) is 23.6 Å². The first kappa shape index (κ1) is 18.2. The third kappa shape index (κ3) is 3.67. The Hall–Kier alpha value is -1.59. The molecule has 0 unspecified atom stereocenters. The van der Waals surface area contributed by atoms with Crippen LogP contribution < -0.4 is 4.74 Å². The van der Waals surface area contributed by atoms with Crippen LogP contribution in [-0.2, 0) is 16.1 Å². The summed E-state index contributed by atoms with van der Waals surface area (Å²) in [7, 11) is 3.51. The zero-order valence-electron chi connectivity index (χ0n) is 14.9. The second-order valence-corrected chi connectivity index (χ2v) is 7.69. The van der Waals surface area contributed by atoms with E-state index >= 15 is 0 Å². The molecule has 2 aliphatic rings. The van der Waals surface area contributed by atoms with Gasteiger partial charge in [-0.2, -0.15) is 0 Å². The van der Waals surface area contributed by atoms with E-state index in [1.807, 2.05) is 24.1 Å². The highest BCUT2D eigenvalue weighted by Gasteiger charge is 2.51. The smallest absolute Gasteiger partial charge is 0.237 e. The van der Waals surface area contributed by atoms with Gasteiger partial charge in [0.25, 0.3) is 0 Å². The SMILES string of the molecule is COc1ccc(Cl)cc1CN(C)CN1C(=O)CC2(CCCCC2)C1=O. The van der Waals surface area contributed by atoms with Crippen molar-refractivity contribution < 1.29 is 14.3 Å². The fraction of sp³-hybridized carbons (Fsp3) is 0.579. The molecule has 0 bridgehead atoms. The Bertz CT molecular complexity index is 671. The highest BCUT2D eigenvalue weighted by Crippen LogP contribution is 2.45. The van der Waals surface area contributed by atoms with Gasteiger partial charge >= 0.3 is 0 Å². The molecule has 0 N–H and O–H groups in total. The molecule has 0 radical (unpaired) electrons. The molecule has 1 aromatic rings. The lowest BCUT2D eigenvalue weighted by Gasteiger charge is -2.31. The average Bonchev–Trinajstić information content (AvgIpc) is 2.80. The maximum absolute atomic E-state index is 12.9. The molecule has 1 saturated heterocycles. The molecule has 6 heteroatoms. The molecule has 25 heavy (non-hydrogen) atoms. The van der Waals surface area contributed by atoms with Crippen LogP contribution in [0.25, 0.3) is 0 Å². The molecular formula is C19H25ClN2O3. The van der Waals surface area contributed by atoms with E-state index in [-0.39, 0.29) is 11.8 Å². The number of imide groups is 1. The van der Waals surface area contributed by atoms with Gasteiger partial charge in [-0.1, -0.05) is 30.9 Å². The third-order valence-electron chi connectivity index (χ3n) is 5.37. The summed E-state index contributed by atoms with van der Waals surface area (Å²) >= 11 is 6.08. The van der Waals surface area contributed by atoms with Crippen LogP contribution in [-0.4, -0.2) is 42.4 Å². The zero-order chi connectivity index (χ0) is 18.0. The number of hydrogen-bond acceptors (Lipinski definition) is 4. The van der Waals surface area contributed by atoms with Gasteiger partial charge in [-0.05, 0) is 38.1 Å². The van der Waals surface area contributed by atoms with Crippen molar-refractivity contribution in [1.29, 1.82) is 0 Å². The van der Waals surface area contributed by atoms with Crippen molar-refractivity contribution in [2.75, 3.05) is 20.8 Å². The van der Waals surface area contributed by atoms with Gasteiger partial charge in [-0.25, -0.2) is 0 Å². The summed E-state index contributed by atoms with van der Waals surface area (Å²) in [6.45, 7) is 0.850. The highest BCUT2D eigenvalue weighted by atomic mass is 35.5. The quantitative estimate of drug-likeness (QED) is 0.751. The number of hydrogen-bond donors (Lipinski definition) is 0. The van der Waals surface area contributed by atoms with Crippen molar-refractivity contribution >= 4 is 23.4 Å². The zero-order valence-corrected chi connectivity index (χ0v) is 15.6. The summed E-state index contributed by atoms with van der Waals surface area (Å²) < 4.78 is 5.37. The molecule has 136 valence electrons. The summed E-state index contributed by atoms with van der Waals surface area (Å²) in [6.07, 6.45) is 5.32. The lowest BCUT2D eigenvalue weighted by molar-refractivity contribution is -0.144. The predicted octanol–water partition coefficient (Wildman–Crippen LogP) is 3.45. The van der Waals surface area contributed by atoms with Gasteiger partial charge < -0.3 is 4.74 Å². The van der Waals surface area contributed by atoms with E-state index in [4.69, 9.17) is 16.3 Å². The molecule has 0 aromatic heterocycles. The maximum atomic E-state index is 12.9. The lowest BCUT2D eigenvalue weighted by Crippen LogP contribution is -2.42. The molecule has 1 saturated carbocycles. The molecular weight excluding hydrogens is 340 g/mol. The predicted molar refractivity (Wildman–Crippen MR) is 96.3 cm³/mol. The van der Waals surface area contributed by atoms with Crippen molar-refractivity contribution in [2.45, 2.75) is 45.1 Å². The van der Waals surface area contributed by atoms with Gasteiger partial charge in [0.2, 0.25) is 11.8 Å². The Morgan fingerprint density at radius 1 is 1.24 bits per heavy atom. The van der Waals surface area contributed by atoms with Crippen LogP contribution in [0.5, 0.6) is 5.75 Å². The molecule has 0 atom stereocenters. The van der Waals surface area contributed by atoms with Crippen LogP contribution in [0.3, 0.4) is 0 Å². The van der Waals surface area contributed by atoms with Gasteiger partial charge in [0.15, 0.2) is 0 Å². The highest BCUT2D eigenvalue weighted by molar-refractivity contribution is 6.30. The molecule has 5 nitrogen and oxygen atoms in total. The van der Waals surface area contributed by atoms with Crippen molar-refractivity contribution in [2.24, 2.45) is 5.41 Å². The Balaban J connectivity index is 1.69. The first-order chi connectivity index (χ1) is 11.9. The lowest BCUT2D eigenvalue weighted by atomic mass is 9.73. The number of likely N-dealkylation sites (tertiary alicyclic amines) is 1. The van der Waals surface area contributed by atoms with E-state index in [0.717, 1.165) is 43.4 Å². The van der Waals surface area contributed by atoms with E-state index in [9.17, 15) is 9.59 Å². The van der Waals surface area contributed by atoms with E-state index in [1.54, 1.807) is 13.2 Å². The molecule has 1 aliphatic heterocycles. The maximum Gasteiger partial charge on any atom is 0.237 e. The van der Waals surface area contributed by atoms with Crippen LogP contribution in [0.2, 0.25) is 5.02 Å². The summed E-state index contributed by atoms with van der Waals surface area (Å²) in [5.74, 6) is 0.720. The number of carbonyl (C=O) groups is 2. The summed E-state index contributed by atoms with van der Waals surface area (Å²) in [6, 6.07) is 5.46. The minimum atomic E-state index is -0.427. The molecule has 1 spiro atoms. The molecule has 1 aromatic carbocycles. The number of benzene rings is 1. The van der Waals surface area contributed by atoms with E-state index in [1.165, 1.54) is 4.90 Å². The largest absolute Gasteiger partial charge is 0.496 e. The third-order valence-corrected chi connectivity index (χ3v) is 5.60. The second-order valence-electron chi connectivity index (χ2n) is 7.26. The fourth-order valence-corrected chi connectivity index (χ4v) is 4.27. The number of halogens is 1. The first-order valence-electron chi connectivity index (χ1n) is 8.81. The van der Waals surface area contributed by atoms with Crippen molar-refractivity contribution in [1.82, 2.24) is 9.80 Å². The molecule has 2 fully saturated rings. The number of nitrogens with zero attached hydrogens (tertiary/aromatic N) is 2. The van der Waals surface area contributed by atoms with Crippen LogP contribution >= 0.6 is 11.6 Å². The first-order valence-corrected chi connectivity index (χ1v) is 9.19. The number of methoxy groups -OCH3 is 1. The Kier molecular flexibility index (Phi) is 5.35. The van der Waals surface area contributed by atoms with Crippen molar-refractivity contribution in [3.8, 4) is 5.75 Å². The molecule has 3 rings (SSSR count). The minimum absolute atomic E-state index is 0.0158. The van der Waals surface area contributed by atoms with Gasteiger partial charge in [-0.3, -0.25) is 19.4 Å². The molecule has 1 aliphatic carbocycles. The monoisotopic (exact) mass is 364 g/mol. The number of ether oxygens (including phenoxy) is 1. The Morgan fingerprint density at radius 3 is 2.64 bits per heavy atom.